The number of amides is 1. The monoisotopic (exact) mass is 298 g/mol. The van der Waals surface area contributed by atoms with Gasteiger partial charge < -0.3 is 10.1 Å². The number of hydrogen-bond donors (Lipinski definition) is 1. The van der Waals surface area contributed by atoms with Crippen molar-refractivity contribution in [3.8, 4) is 0 Å². The van der Waals surface area contributed by atoms with Crippen molar-refractivity contribution >= 4 is 11.6 Å². The molecule has 0 fully saturated rings. The van der Waals surface area contributed by atoms with Crippen LogP contribution in [-0.4, -0.2) is 30.6 Å². The Morgan fingerprint density at radius 1 is 1.38 bits per heavy atom. The summed E-state index contributed by atoms with van der Waals surface area (Å²) in [5.74, 6) is -1.44. The molecule has 1 aromatic carbocycles. The smallest absolute Gasteiger partial charge is 0.270 e. The number of unbranched alkanes of at least 4 members (excludes halogenated alkanes) is 1. The van der Waals surface area contributed by atoms with Crippen LogP contribution >= 0.6 is 0 Å². The van der Waals surface area contributed by atoms with Gasteiger partial charge >= 0.3 is 0 Å². The molecule has 0 heterocycles. The Hall–Kier alpha value is -2.02. The highest BCUT2D eigenvalue weighted by Gasteiger charge is 2.16. The molecule has 116 valence electrons. The van der Waals surface area contributed by atoms with Crippen molar-refractivity contribution in [1.82, 2.24) is 5.32 Å². The number of hydrogen-bond acceptors (Lipinski definition) is 4. The van der Waals surface area contributed by atoms with Crippen LogP contribution in [0.1, 0.15) is 36.5 Å². The van der Waals surface area contributed by atoms with Gasteiger partial charge in [0.15, 0.2) is 0 Å². The van der Waals surface area contributed by atoms with E-state index in [-0.39, 0.29) is 11.3 Å². The zero-order valence-corrected chi connectivity index (χ0v) is 11.9. The molecule has 0 aliphatic heterocycles. The van der Waals surface area contributed by atoms with Crippen LogP contribution in [0.15, 0.2) is 18.2 Å². The average molecular weight is 298 g/mol. The van der Waals surface area contributed by atoms with Crippen LogP contribution in [-0.2, 0) is 4.74 Å². The molecule has 0 atom stereocenters. The van der Waals surface area contributed by atoms with Gasteiger partial charge in [0.25, 0.3) is 11.6 Å². The van der Waals surface area contributed by atoms with Crippen LogP contribution in [0, 0.1) is 15.9 Å². The predicted octanol–water partition coefficient (Wildman–Crippen LogP) is 2.67. The Bertz CT molecular complexity index is 494. The second-order valence-electron chi connectivity index (χ2n) is 4.50. The van der Waals surface area contributed by atoms with E-state index >= 15 is 0 Å². The quantitative estimate of drug-likeness (QED) is 0.432. The summed E-state index contributed by atoms with van der Waals surface area (Å²) >= 11 is 0. The van der Waals surface area contributed by atoms with Crippen molar-refractivity contribution in [1.29, 1.82) is 0 Å². The molecular weight excluding hydrogens is 279 g/mol. The lowest BCUT2D eigenvalue weighted by atomic mass is 10.1. The molecule has 1 N–H and O–H groups in total. The first-order valence-electron chi connectivity index (χ1n) is 6.86. The summed E-state index contributed by atoms with van der Waals surface area (Å²) in [7, 11) is 0. The Morgan fingerprint density at radius 3 is 2.76 bits per heavy atom. The van der Waals surface area contributed by atoms with Gasteiger partial charge in [-0.1, -0.05) is 13.3 Å². The molecule has 7 heteroatoms. The number of carbonyl (C=O) groups excluding carboxylic acids is 1. The number of ether oxygens (including phenoxy) is 1. The highest BCUT2D eigenvalue weighted by molar-refractivity contribution is 5.95. The highest BCUT2D eigenvalue weighted by atomic mass is 19.1. The lowest BCUT2D eigenvalue weighted by Gasteiger charge is -2.06. The number of nitrogens with one attached hydrogen (secondary N) is 1. The molecule has 1 aromatic rings. The van der Waals surface area contributed by atoms with E-state index in [1.54, 1.807) is 0 Å². The molecule has 21 heavy (non-hydrogen) atoms. The van der Waals surface area contributed by atoms with Gasteiger partial charge in [-0.2, -0.15) is 0 Å². The van der Waals surface area contributed by atoms with Crippen LogP contribution in [0.5, 0.6) is 0 Å². The van der Waals surface area contributed by atoms with Crippen molar-refractivity contribution in [2.45, 2.75) is 26.2 Å². The van der Waals surface area contributed by atoms with Crippen LogP contribution < -0.4 is 5.32 Å². The minimum absolute atomic E-state index is 0.315. The zero-order chi connectivity index (χ0) is 15.7. The maximum Gasteiger partial charge on any atom is 0.270 e. The van der Waals surface area contributed by atoms with E-state index in [2.05, 4.69) is 12.2 Å². The number of rotatable bonds is 9. The van der Waals surface area contributed by atoms with Gasteiger partial charge in [0.05, 0.1) is 10.5 Å². The second-order valence-corrected chi connectivity index (χ2v) is 4.50. The van der Waals surface area contributed by atoms with Crippen LogP contribution in [0.4, 0.5) is 10.1 Å². The molecule has 0 aliphatic carbocycles. The first kappa shape index (κ1) is 17.0. The summed E-state index contributed by atoms with van der Waals surface area (Å²) in [5, 5.41) is 13.1. The molecule has 0 spiro atoms. The fraction of sp³-hybridized carbons (Fsp3) is 0.500. The molecule has 0 saturated carbocycles. The third-order valence-corrected chi connectivity index (χ3v) is 2.80. The molecule has 6 nitrogen and oxygen atoms in total. The van der Waals surface area contributed by atoms with Crippen molar-refractivity contribution in [3.63, 3.8) is 0 Å². The average Bonchev–Trinajstić information content (AvgIpc) is 2.46. The highest BCUT2D eigenvalue weighted by Crippen LogP contribution is 2.16. The van der Waals surface area contributed by atoms with E-state index in [4.69, 9.17) is 4.74 Å². The summed E-state index contributed by atoms with van der Waals surface area (Å²) in [5.41, 5.74) is -0.638. The summed E-state index contributed by atoms with van der Waals surface area (Å²) in [6.07, 6.45) is 2.65. The lowest BCUT2D eigenvalue weighted by molar-refractivity contribution is -0.384. The predicted molar refractivity (Wildman–Crippen MR) is 75.7 cm³/mol. The molecule has 0 aromatic heterocycles. The van der Waals surface area contributed by atoms with Crippen molar-refractivity contribution in [3.05, 3.63) is 39.7 Å². The molecule has 1 amide bonds. The molecular formula is C14H19FN2O4. The minimum Gasteiger partial charge on any atom is -0.381 e. The minimum atomic E-state index is -0.780. The number of carbonyl (C=O) groups is 1. The molecule has 0 unspecified atom stereocenters. The largest absolute Gasteiger partial charge is 0.381 e. The van der Waals surface area contributed by atoms with Gasteiger partial charge in [0.2, 0.25) is 0 Å². The van der Waals surface area contributed by atoms with E-state index in [0.717, 1.165) is 31.0 Å². The maximum absolute atomic E-state index is 13.5. The maximum atomic E-state index is 13.5. The number of non-ortho nitro benzene ring substituents is 1. The number of halogens is 1. The topological polar surface area (TPSA) is 81.5 Å². The number of nitrogens with zero attached hydrogens (tertiary/aromatic N) is 1. The second kappa shape index (κ2) is 9.02. The molecule has 0 saturated heterocycles. The van der Waals surface area contributed by atoms with Gasteiger partial charge in [-0.25, -0.2) is 4.39 Å². The van der Waals surface area contributed by atoms with E-state index in [1.165, 1.54) is 0 Å². The fourth-order valence-electron chi connectivity index (χ4n) is 1.62. The van der Waals surface area contributed by atoms with Crippen molar-refractivity contribution in [2.24, 2.45) is 0 Å². The van der Waals surface area contributed by atoms with Crippen molar-refractivity contribution < 1.29 is 18.8 Å². The third-order valence-electron chi connectivity index (χ3n) is 2.80. The van der Waals surface area contributed by atoms with Gasteiger partial charge in [-0.15, -0.1) is 0 Å². The first-order chi connectivity index (χ1) is 10.1. The molecule has 0 bridgehead atoms. The normalized spacial score (nSPS) is 10.4. The first-order valence-corrected chi connectivity index (χ1v) is 6.86. The fourth-order valence-corrected chi connectivity index (χ4v) is 1.62. The Balaban J connectivity index is 2.41. The Morgan fingerprint density at radius 2 is 2.10 bits per heavy atom. The van der Waals surface area contributed by atoms with E-state index in [1.807, 2.05) is 0 Å². The van der Waals surface area contributed by atoms with E-state index in [0.29, 0.717) is 26.2 Å². The molecule has 1 rings (SSSR count). The number of nitro benzene ring substituents is 1. The number of benzene rings is 1. The SMILES string of the molecule is CCCCOCCCNC(=O)c1cc([N+](=O)[O-])ccc1F. The van der Waals surface area contributed by atoms with Gasteiger partial charge in [-0.05, 0) is 18.9 Å². The standard InChI is InChI=1S/C14H19FN2O4/c1-2-3-8-21-9-4-7-16-14(18)12-10-11(17(19)20)5-6-13(12)15/h5-6,10H,2-4,7-9H2,1H3,(H,16,18). The zero-order valence-electron chi connectivity index (χ0n) is 11.9. The number of nitro groups is 1. The van der Waals surface area contributed by atoms with Gasteiger partial charge in [0.1, 0.15) is 5.82 Å². The van der Waals surface area contributed by atoms with E-state index in [9.17, 15) is 19.3 Å². The van der Waals surface area contributed by atoms with Crippen molar-refractivity contribution in [2.75, 3.05) is 19.8 Å². The summed E-state index contributed by atoms with van der Waals surface area (Å²) < 4.78 is 18.8. The van der Waals surface area contributed by atoms with Gasteiger partial charge in [-0.3, -0.25) is 14.9 Å². The van der Waals surface area contributed by atoms with Crippen LogP contribution in [0.3, 0.4) is 0 Å². The Kier molecular flexibility index (Phi) is 7.31. The summed E-state index contributed by atoms with van der Waals surface area (Å²) in [4.78, 5) is 21.7. The third kappa shape index (κ3) is 5.86. The molecule has 0 radical (unpaired) electrons. The van der Waals surface area contributed by atoms with Crippen LogP contribution in [0.2, 0.25) is 0 Å². The van der Waals surface area contributed by atoms with Gasteiger partial charge in [0, 0.05) is 31.9 Å². The summed E-state index contributed by atoms with van der Waals surface area (Å²) in [6, 6.07) is 2.87. The summed E-state index contributed by atoms with van der Waals surface area (Å²) in [6.45, 7) is 3.59. The lowest BCUT2D eigenvalue weighted by Crippen LogP contribution is -2.26. The Labute approximate surface area is 122 Å². The van der Waals surface area contributed by atoms with Crippen LogP contribution in [0.25, 0.3) is 0 Å². The molecule has 0 aliphatic rings. The van der Waals surface area contributed by atoms with E-state index < -0.39 is 16.6 Å².